The summed E-state index contributed by atoms with van der Waals surface area (Å²) in [6, 6.07) is 7.66. The van der Waals surface area contributed by atoms with E-state index in [0.717, 1.165) is 35.3 Å². The number of likely N-dealkylation sites (tertiary alicyclic amines) is 1. The zero-order valence-electron chi connectivity index (χ0n) is 27.9. The number of amides is 2. The summed E-state index contributed by atoms with van der Waals surface area (Å²) in [6.45, 7) is 11.0. The summed E-state index contributed by atoms with van der Waals surface area (Å²) in [5.74, 6) is -2.01. The van der Waals surface area contributed by atoms with E-state index in [0.29, 0.717) is 42.2 Å². The highest BCUT2D eigenvalue weighted by Gasteiger charge is 2.55. The van der Waals surface area contributed by atoms with Crippen LogP contribution in [0.5, 0.6) is 0 Å². The number of nitrogens with two attached hydrogens (primary N) is 1. The van der Waals surface area contributed by atoms with Gasteiger partial charge in [0.25, 0.3) is 5.91 Å². The molecule has 2 amide bonds. The van der Waals surface area contributed by atoms with Crippen LogP contribution in [0.3, 0.4) is 0 Å². The smallest absolute Gasteiger partial charge is 0.410 e. The Morgan fingerprint density at radius 3 is 2.56 bits per heavy atom. The second-order valence-electron chi connectivity index (χ2n) is 13.2. The molecule has 1 saturated heterocycles. The van der Waals surface area contributed by atoms with Crippen LogP contribution in [0.25, 0.3) is 22.3 Å². The van der Waals surface area contributed by atoms with Crippen molar-refractivity contribution >= 4 is 46.3 Å². The standard InChI is InChI=1S/C33H42N10O5/c1-6-41-24-9-8-20(21-17-37-43(18-21)22-11-14-40(15-12-22)31(47)48-32(3,4)5)16-25(24)42(7-2)33(41,30(45)46)19-36-29(44)26-27(34)39-28-23(38-26)10-13-35-28/h8-10,13,16-18,22H,6-7,11-12,14-15,19H2,1-5H3,(H,36,44)(H,45,46)(H3,34,35,39). The number of quaternary nitrogens is 1. The largest absolute Gasteiger partial charge is 0.542 e. The number of likely N-dealkylation sites (N-methyl/N-ethyl adjacent to an activating group) is 2. The molecule has 1 aromatic carbocycles. The number of carbonyl (C=O) groups excluding carboxylic acids is 3. The van der Waals surface area contributed by atoms with Crippen LogP contribution in [0, 0.1) is 0 Å². The van der Waals surface area contributed by atoms with Crippen LogP contribution < -0.4 is 26.0 Å². The Morgan fingerprint density at radius 1 is 1.15 bits per heavy atom. The molecule has 3 aromatic heterocycles. The number of hydrogen-bond donors (Lipinski definition) is 4. The topological polar surface area (TPSA) is 192 Å². The Balaban J connectivity index is 1.22. The first-order valence-corrected chi connectivity index (χ1v) is 16.3. The lowest BCUT2D eigenvalue weighted by Crippen LogP contribution is -3.19. The zero-order valence-corrected chi connectivity index (χ0v) is 27.9. The number of nitrogen functional groups attached to an aromatic ring is 1. The molecular weight excluding hydrogens is 616 g/mol. The van der Waals surface area contributed by atoms with Crippen molar-refractivity contribution in [1.82, 2.24) is 34.9 Å². The first kappa shape index (κ1) is 32.7. The third-order valence-corrected chi connectivity index (χ3v) is 9.14. The van der Waals surface area contributed by atoms with Crippen molar-refractivity contribution in [2.75, 3.05) is 43.4 Å². The molecule has 48 heavy (non-hydrogen) atoms. The number of aliphatic carboxylic acids is 1. The van der Waals surface area contributed by atoms with Gasteiger partial charge in [-0.1, -0.05) is 0 Å². The summed E-state index contributed by atoms with van der Waals surface area (Å²) in [4.78, 5) is 54.5. The summed E-state index contributed by atoms with van der Waals surface area (Å²) >= 11 is 0. The third kappa shape index (κ3) is 5.78. The van der Waals surface area contributed by atoms with Gasteiger partial charge in [-0.2, -0.15) is 5.10 Å². The lowest BCUT2D eigenvalue weighted by Gasteiger charge is -2.41. The van der Waals surface area contributed by atoms with Crippen molar-refractivity contribution in [3.05, 3.63) is 48.5 Å². The molecule has 2 atom stereocenters. The van der Waals surface area contributed by atoms with Crippen molar-refractivity contribution in [3.63, 3.8) is 0 Å². The first-order chi connectivity index (χ1) is 22.9. The van der Waals surface area contributed by atoms with Gasteiger partial charge in [-0.25, -0.2) is 14.8 Å². The van der Waals surface area contributed by atoms with Crippen LogP contribution in [0.15, 0.2) is 42.9 Å². The number of aromatic amines is 1. The van der Waals surface area contributed by atoms with E-state index in [1.807, 2.05) is 63.7 Å². The lowest BCUT2D eigenvalue weighted by molar-refractivity contribution is -0.872. The summed E-state index contributed by atoms with van der Waals surface area (Å²) < 4.78 is 7.47. The predicted molar refractivity (Wildman–Crippen MR) is 176 cm³/mol. The van der Waals surface area contributed by atoms with E-state index in [1.54, 1.807) is 28.3 Å². The molecule has 5 heterocycles. The van der Waals surface area contributed by atoms with Gasteiger partial charge in [0.05, 0.1) is 25.3 Å². The van der Waals surface area contributed by atoms with E-state index < -0.39 is 23.1 Å². The molecule has 0 radical (unpaired) electrons. The van der Waals surface area contributed by atoms with Gasteiger partial charge in [0.2, 0.25) is 5.66 Å². The number of ether oxygens (including phenoxy) is 1. The average Bonchev–Trinajstić information content (AvgIpc) is 3.78. The van der Waals surface area contributed by atoms with Gasteiger partial charge in [0.1, 0.15) is 22.8 Å². The summed E-state index contributed by atoms with van der Waals surface area (Å²) in [5, 5.41) is 20.6. The van der Waals surface area contributed by atoms with Crippen LogP contribution in [0.4, 0.5) is 22.0 Å². The van der Waals surface area contributed by atoms with Gasteiger partial charge in [0.15, 0.2) is 22.8 Å². The number of anilines is 2. The Bertz CT molecular complexity index is 1850. The van der Waals surface area contributed by atoms with E-state index in [4.69, 9.17) is 10.5 Å². The fourth-order valence-corrected chi connectivity index (χ4v) is 6.88. The summed E-state index contributed by atoms with van der Waals surface area (Å²) in [7, 11) is 0. The third-order valence-electron chi connectivity index (χ3n) is 9.14. The Hall–Kier alpha value is -5.18. The lowest BCUT2D eigenvalue weighted by atomic mass is 10.1. The minimum atomic E-state index is -1.63. The number of nitrogens with zero attached hydrogens (tertiary/aromatic N) is 6. The average molecular weight is 659 g/mol. The number of benzene rings is 1. The number of fused-ring (bicyclic) bond motifs is 2. The molecule has 5 N–H and O–H groups in total. The fourth-order valence-electron chi connectivity index (χ4n) is 6.88. The SMILES string of the molecule is CCN1c2cc(-c3cnn(C4CCN(C(=O)OC(C)(C)C)CC4)c3)ccc2[NH+](CC)C1(CNC(=O)c1nc2cc[nH]c2nc1N)C(=O)[O-]. The number of nitrogens with one attached hydrogen (secondary N) is 3. The maximum atomic E-state index is 13.3. The molecule has 15 nitrogen and oxygen atoms in total. The van der Waals surface area contributed by atoms with E-state index in [2.05, 4.69) is 25.4 Å². The van der Waals surface area contributed by atoms with Gasteiger partial charge in [-0.05, 0) is 71.2 Å². The van der Waals surface area contributed by atoms with Crippen molar-refractivity contribution < 1.29 is 29.1 Å². The van der Waals surface area contributed by atoms with E-state index >= 15 is 0 Å². The van der Waals surface area contributed by atoms with E-state index in [9.17, 15) is 19.5 Å². The highest BCUT2D eigenvalue weighted by molar-refractivity contribution is 5.98. The molecule has 0 spiro atoms. The minimum absolute atomic E-state index is 0.0644. The molecule has 1 fully saturated rings. The fraction of sp³-hybridized carbons (Fsp3) is 0.455. The second-order valence-corrected chi connectivity index (χ2v) is 13.2. The number of carboxylic acid groups (broad SMARTS) is 1. The monoisotopic (exact) mass is 658 g/mol. The van der Waals surface area contributed by atoms with E-state index in [1.165, 1.54) is 0 Å². The number of piperidine rings is 1. The molecule has 4 aromatic rings. The Labute approximate surface area is 278 Å². The molecule has 0 saturated carbocycles. The van der Waals surface area contributed by atoms with Crippen molar-refractivity contribution in [3.8, 4) is 11.1 Å². The molecule has 254 valence electrons. The summed E-state index contributed by atoms with van der Waals surface area (Å²) in [5.41, 5.74) is 7.98. The summed E-state index contributed by atoms with van der Waals surface area (Å²) in [6.07, 6.45) is 6.64. The van der Waals surface area contributed by atoms with Gasteiger partial charge < -0.3 is 40.5 Å². The number of carbonyl (C=O) groups is 3. The van der Waals surface area contributed by atoms with Crippen molar-refractivity contribution in [2.45, 2.75) is 64.8 Å². The second kappa shape index (κ2) is 12.4. The number of carboxylic acids is 1. The maximum absolute atomic E-state index is 13.3. The molecule has 0 aliphatic carbocycles. The van der Waals surface area contributed by atoms with Crippen LogP contribution >= 0.6 is 0 Å². The highest BCUT2D eigenvalue weighted by atomic mass is 16.6. The normalized spacial score (nSPS) is 19.8. The molecule has 0 bridgehead atoms. The van der Waals surface area contributed by atoms with Gasteiger partial charge in [-0.3, -0.25) is 14.4 Å². The molecule has 15 heteroatoms. The Morgan fingerprint density at radius 2 is 1.90 bits per heavy atom. The van der Waals surface area contributed by atoms with Crippen LogP contribution in [0.1, 0.15) is 64.0 Å². The van der Waals surface area contributed by atoms with E-state index in [-0.39, 0.29) is 30.2 Å². The van der Waals surface area contributed by atoms with Crippen LogP contribution in [-0.2, 0) is 9.53 Å². The first-order valence-electron chi connectivity index (χ1n) is 16.3. The van der Waals surface area contributed by atoms with Gasteiger partial charge in [0, 0.05) is 43.7 Å². The Kier molecular flexibility index (Phi) is 8.49. The van der Waals surface area contributed by atoms with Crippen molar-refractivity contribution in [2.24, 2.45) is 0 Å². The van der Waals surface area contributed by atoms with Gasteiger partial charge >= 0.3 is 6.09 Å². The molecule has 6 rings (SSSR count). The van der Waals surface area contributed by atoms with Crippen LogP contribution in [0.2, 0.25) is 0 Å². The number of rotatable bonds is 8. The molecular formula is C33H42N10O5. The highest BCUT2D eigenvalue weighted by Crippen LogP contribution is 2.38. The van der Waals surface area contributed by atoms with Crippen LogP contribution in [-0.4, -0.2) is 91.6 Å². The molecule has 2 aliphatic rings. The number of hydrogen-bond acceptors (Lipinski definition) is 10. The number of H-pyrrole nitrogens is 1. The number of aromatic nitrogens is 5. The maximum Gasteiger partial charge on any atom is 0.410 e. The van der Waals surface area contributed by atoms with Gasteiger partial charge in [-0.15, -0.1) is 0 Å². The molecule has 2 unspecified atom stereocenters. The van der Waals surface area contributed by atoms with Crippen molar-refractivity contribution in [1.29, 1.82) is 0 Å². The quantitative estimate of drug-likeness (QED) is 0.214. The predicted octanol–water partition coefficient (Wildman–Crippen LogP) is 1.23. The molecule has 2 aliphatic heterocycles. The minimum Gasteiger partial charge on any atom is -0.542 e. The zero-order chi connectivity index (χ0) is 34.4.